The van der Waals surface area contributed by atoms with Crippen LogP contribution in [0.2, 0.25) is 0 Å². The molecule has 7 heteroatoms. The summed E-state index contributed by atoms with van der Waals surface area (Å²) in [5.41, 5.74) is 1.68. The Morgan fingerprint density at radius 1 is 0.625 bits per heavy atom. The molecule has 6 nitrogen and oxygen atoms in total. The zero-order chi connectivity index (χ0) is 35.1. The third-order valence-corrected chi connectivity index (χ3v) is 9.76. The van der Waals surface area contributed by atoms with Crippen LogP contribution in [0.3, 0.4) is 0 Å². The molecular formula is C41H70N2O4S. The predicted octanol–water partition coefficient (Wildman–Crippen LogP) is 9.73. The van der Waals surface area contributed by atoms with Gasteiger partial charge in [-0.15, -0.1) is 0 Å². The number of carbonyl (C=O) groups excluding carboxylic acids is 1. The van der Waals surface area contributed by atoms with Gasteiger partial charge < -0.3 is 15.2 Å². The number of hydrogen-bond donors (Lipinski definition) is 2. The quantitative estimate of drug-likeness (QED) is 0.0687. The molecule has 0 saturated carbocycles. The molecule has 0 unspecified atom stereocenters. The van der Waals surface area contributed by atoms with E-state index in [9.17, 15) is 17.8 Å². The van der Waals surface area contributed by atoms with Crippen molar-refractivity contribution in [3.63, 3.8) is 0 Å². The molecule has 0 aliphatic rings. The summed E-state index contributed by atoms with van der Waals surface area (Å²) >= 11 is 0. The van der Waals surface area contributed by atoms with Gasteiger partial charge in [-0.25, -0.2) is 8.42 Å². The summed E-state index contributed by atoms with van der Waals surface area (Å²) in [6, 6.07) is 15.3. The van der Waals surface area contributed by atoms with Crippen molar-refractivity contribution in [1.29, 1.82) is 0 Å². The number of nitrogens with one attached hydrogen (secondary N) is 1. The summed E-state index contributed by atoms with van der Waals surface area (Å²) < 4.78 is 31.2. The Labute approximate surface area is 295 Å². The minimum atomic E-state index is -4.27. The van der Waals surface area contributed by atoms with Gasteiger partial charge in [-0.3, -0.25) is 4.79 Å². The Morgan fingerprint density at radius 3 is 1.48 bits per heavy atom. The van der Waals surface area contributed by atoms with Crippen molar-refractivity contribution in [3.05, 3.63) is 65.7 Å². The van der Waals surface area contributed by atoms with Crippen LogP contribution in [0, 0.1) is 12.8 Å². The highest BCUT2D eigenvalue weighted by Gasteiger charge is 2.03. The topological polar surface area (TPSA) is 103 Å². The summed E-state index contributed by atoms with van der Waals surface area (Å²) in [4.78, 5) is 11.8. The van der Waals surface area contributed by atoms with Crippen LogP contribution in [0.25, 0.3) is 0 Å². The van der Waals surface area contributed by atoms with Crippen LogP contribution in [0.4, 0.5) is 0 Å². The molecule has 0 saturated heterocycles. The molecule has 48 heavy (non-hydrogen) atoms. The van der Waals surface area contributed by atoms with Crippen molar-refractivity contribution in [3.8, 4) is 0 Å². The van der Waals surface area contributed by atoms with Gasteiger partial charge in [0.2, 0.25) is 0 Å². The first-order valence-electron chi connectivity index (χ1n) is 19.4. The van der Waals surface area contributed by atoms with Crippen LogP contribution in [0.1, 0.15) is 165 Å². The highest BCUT2D eigenvalue weighted by Crippen LogP contribution is 2.15. The normalized spacial score (nSPS) is 11.4. The van der Waals surface area contributed by atoms with E-state index >= 15 is 0 Å². The van der Waals surface area contributed by atoms with Crippen molar-refractivity contribution in [1.82, 2.24) is 5.32 Å². The first kappa shape index (κ1) is 43.8. The summed E-state index contributed by atoms with van der Waals surface area (Å²) in [5, 5.41) is 5.41. The lowest BCUT2D eigenvalue weighted by Crippen LogP contribution is -2.84. The minimum Gasteiger partial charge on any atom is -0.744 e. The molecule has 1 amide bonds. The van der Waals surface area contributed by atoms with Gasteiger partial charge in [0.05, 0.1) is 18.0 Å². The second kappa shape index (κ2) is 29.7. The maximum atomic E-state index is 12.0. The van der Waals surface area contributed by atoms with Gasteiger partial charge >= 0.3 is 0 Å². The third kappa shape index (κ3) is 26.7. The zero-order valence-electron chi connectivity index (χ0n) is 30.9. The third-order valence-electron chi connectivity index (χ3n) is 8.91. The molecule has 2 aromatic rings. The largest absolute Gasteiger partial charge is 0.744 e. The van der Waals surface area contributed by atoms with Crippen molar-refractivity contribution in [2.75, 3.05) is 19.6 Å². The van der Waals surface area contributed by atoms with Crippen molar-refractivity contribution < 1.29 is 23.1 Å². The summed E-state index contributed by atoms with van der Waals surface area (Å²) in [7, 11) is -4.27. The maximum Gasteiger partial charge on any atom is 0.251 e. The van der Waals surface area contributed by atoms with Gasteiger partial charge in [0.1, 0.15) is 10.1 Å². The molecular weight excluding hydrogens is 617 g/mol. The van der Waals surface area contributed by atoms with Gasteiger partial charge in [-0.2, -0.15) is 0 Å². The van der Waals surface area contributed by atoms with E-state index in [-0.39, 0.29) is 10.8 Å². The molecule has 0 fully saturated rings. The number of rotatable bonds is 28. The monoisotopic (exact) mass is 687 g/mol. The smallest absolute Gasteiger partial charge is 0.251 e. The first-order valence-corrected chi connectivity index (χ1v) is 20.8. The van der Waals surface area contributed by atoms with Crippen LogP contribution in [0.5, 0.6) is 0 Å². The van der Waals surface area contributed by atoms with E-state index in [1.807, 2.05) is 37.3 Å². The predicted molar refractivity (Wildman–Crippen MR) is 201 cm³/mol. The molecule has 0 atom stereocenters. The molecule has 0 aliphatic carbocycles. The highest BCUT2D eigenvalue weighted by atomic mass is 32.2. The van der Waals surface area contributed by atoms with Crippen molar-refractivity contribution in [2.24, 2.45) is 5.92 Å². The number of unbranched alkanes of at least 4 members (excludes halogenated alkanes) is 18. The Balaban J connectivity index is 0.000000879. The van der Waals surface area contributed by atoms with Crippen LogP contribution in [-0.4, -0.2) is 38.5 Å². The lowest BCUT2D eigenvalue weighted by atomic mass is 10.0. The van der Waals surface area contributed by atoms with Gasteiger partial charge in [0, 0.05) is 18.5 Å². The Kier molecular flexibility index (Phi) is 27.1. The van der Waals surface area contributed by atoms with E-state index in [2.05, 4.69) is 24.5 Å². The minimum absolute atomic E-state index is 0.0414. The number of hydrogen-bond acceptors (Lipinski definition) is 4. The Hall–Kier alpha value is -2.22. The second-order valence-electron chi connectivity index (χ2n) is 14.0. The van der Waals surface area contributed by atoms with E-state index in [1.54, 1.807) is 12.1 Å². The Morgan fingerprint density at radius 2 is 1.04 bits per heavy atom. The average molecular weight is 687 g/mol. The summed E-state index contributed by atoms with van der Waals surface area (Å²) in [5.74, 6) is 0.927. The summed E-state index contributed by atoms with van der Waals surface area (Å²) in [6.45, 7) is 9.60. The van der Waals surface area contributed by atoms with Gasteiger partial charge in [0.15, 0.2) is 0 Å². The number of quaternary nitrogens is 1. The number of nitrogens with two attached hydrogens (primary N) is 1. The van der Waals surface area contributed by atoms with Crippen LogP contribution in [0.15, 0.2) is 59.5 Å². The Bertz CT molecular complexity index is 1120. The molecule has 3 N–H and O–H groups in total. The lowest BCUT2D eigenvalue weighted by molar-refractivity contribution is -0.655. The van der Waals surface area contributed by atoms with Crippen LogP contribution < -0.4 is 10.6 Å². The van der Waals surface area contributed by atoms with Crippen LogP contribution in [-0.2, 0) is 10.1 Å². The molecule has 2 aromatic carbocycles. The van der Waals surface area contributed by atoms with E-state index in [0.717, 1.165) is 36.6 Å². The zero-order valence-corrected chi connectivity index (χ0v) is 31.7. The standard InChI is InChI=1S/C34H62N2O.C7H8O3S/c1-32(2)26-21-18-16-14-12-10-8-6-4-3-5-7-9-11-13-15-17-19-24-29-35-30-25-31-36-34(37)33-27-22-20-23-28-33;1-6-2-4-7(5-3-6)11(8,9)10/h20,22-23,27-28,32,35H,3-19,21,24-26,29-31H2,1-2H3,(H,36,37);2-5H,1H3,(H,8,9,10). The van der Waals surface area contributed by atoms with E-state index in [1.165, 1.54) is 147 Å². The lowest BCUT2D eigenvalue weighted by Gasteiger charge is -2.05. The number of aryl methyl sites for hydroxylation is 1. The molecule has 0 bridgehead atoms. The van der Waals surface area contributed by atoms with E-state index < -0.39 is 10.1 Å². The molecule has 0 heterocycles. The van der Waals surface area contributed by atoms with E-state index in [0.29, 0.717) is 0 Å². The van der Waals surface area contributed by atoms with Gasteiger partial charge in [-0.1, -0.05) is 165 Å². The molecule has 2 rings (SSSR count). The fraction of sp³-hybridized carbons (Fsp3) is 0.683. The highest BCUT2D eigenvalue weighted by molar-refractivity contribution is 7.85. The van der Waals surface area contributed by atoms with Gasteiger partial charge in [0.25, 0.3) is 5.91 Å². The molecule has 0 radical (unpaired) electrons. The molecule has 0 spiro atoms. The second-order valence-corrected chi connectivity index (χ2v) is 15.4. The SMILES string of the molecule is CC(C)CCCCCCCCCCCCCCCCCCCCC[NH2+]CCCNC(=O)c1ccccc1.Cc1ccc(S(=O)(=O)[O-])cc1. The number of carbonyl (C=O) groups is 1. The van der Waals surface area contributed by atoms with Crippen LogP contribution >= 0.6 is 0 Å². The average Bonchev–Trinajstić information content (AvgIpc) is 3.06. The van der Waals surface area contributed by atoms with Gasteiger partial charge in [-0.05, 0) is 49.9 Å². The molecule has 0 aliphatic heterocycles. The first-order chi connectivity index (χ1) is 23.2. The van der Waals surface area contributed by atoms with Crippen molar-refractivity contribution in [2.45, 2.75) is 161 Å². The summed E-state index contributed by atoms with van der Waals surface area (Å²) in [6.07, 6.45) is 29.9. The fourth-order valence-electron chi connectivity index (χ4n) is 5.84. The molecule has 0 aromatic heterocycles. The molecule has 274 valence electrons. The van der Waals surface area contributed by atoms with Crippen molar-refractivity contribution >= 4 is 16.0 Å². The maximum absolute atomic E-state index is 12.0. The fourth-order valence-corrected chi connectivity index (χ4v) is 6.31. The number of amides is 1. The number of benzene rings is 2. The van der Waals surface area contributed by atoms with E-state index in [4.69, 9.17) is 0 Å².